The van der Waals surface area contributed by atoms with Gasteiger partial charge in [-0.2, -0.15) is 0 Å². The Hall–Kier alpha value is -0.200. The topological polar surface area (TPSA) is 68.2 Å². The van der Waals surface area contributed by atoms with Crippen molar-refractivity contribution in [2.45, 2.75) is 30.7 Å². The first kappa shape index (κ1) is 8.40. The van der Waals surface area contributed by atoms with E-state index >= 15 is 0 Å². The molecule has 2 aliphatic heterocycles. The van der Waals surface area contributed by atoms with Crippen molar-refractivity contribution < 1.29 is 24.4 Å². The molecule has 0 amide bonds. The molecule has 0 aromatic carbocycles. The third-order valence-corrected chi connectivity index (χ3v) is 2.30. The van der Waals surface area contributed by atoms with Crippen LogP contribution in [-0.2, 0) is 14.2 Å². The lowest BCUT2D eigenvalue weighted by Crippen LogP contribution is -2.32. The molecule has 0 unspecified atom stereocenters. The molecular weight excluding hydrogens is 164 g/mol. The zero-order chi connectivity index (χ0) is 8.72. The number of aliphatic hydroxyl groups is 2. The summed E-state index contributed by atoms with van der Waals surface area (Å²) in [4.78, 5) is 0. The number of aliphatic hydroxyl groups excluding tert-OH is 2. The summed E-state index contributed by atoms with van der Waals surface area (Å²) in [5.74, 6) is 0. The first-order valence-electron chi connectivity index (χ1n) is 3.90. The predicted molar refractivity (Wildman–Crippen MR) is 37.4 cm³/mol. The highest BCUT2D eigenvalue weighted by atomic mass is 16.7. The molecule has 2 saturated heterocycles. The van der Waals surface area contributed by atoms with Crippen LogP contribution in [0.2, 0.25) is 0 Å². The Kier molecular flexibility index (Phi) is 2.05. The van der Waals surface area contributed by atoms with Crippen LogP contribution in [-0.4, -0.2) is 54.6 Å². The van der Waals surface area contributed by atoms with E-state index in [9.17, 15) is 10.2 Å². The summed E-state index contributed by atoms with van der Waals surface area (Å²) < 4.78 is 15.2. The van der Waals surface area contributed by atoms with E-state index < -0.39 is 30.7 Å². The Labute approximate surface area is 69.8 Å². The Balaban J connectivity index is 2.08. The van der Waals surface area contributed by atoms with E-state index in [-0.39, 0.29) is 6.61 Å². The van der Waals surface area contributed by atoms with Crippen molar-refractivity contribution in [1.29, 1.82) is 0 Å². The Morgan fingerprint density at radius 2 is 2.08 bits per heavy atom. The molecule has 0 spiro atoms. The van der Waals surface area contributed by atoms with Gasteiger partial charge in [-0.25, -0.2) is 0 Å². The van der Waals surface area contributed by atoms with Crippen molar-refractivity contribution in [2.75, 3.05) is 13.7 Å². The minimum Gasteiger partial charge on any atom is -0.388 e. The lowest BCUT2D eigenvalue weighted by Gasteiger charge is -2.14. The lowest BCUT2D eigenvalue weighted by atomic mass is 10.1. The van der Waals surface area contributed by atoms with Crippen LogP contribution in [0.4, 0.5) is 0 Å². The van der Waals surface area contributed by atoms with Crippen molar-refractivity contribution in [1.82, 2.24) is 0 Å². The highest BCUT2D eigenvalue weighted by Crippen LogP contribution is 2.31. The van der Waals surface area contributed by atoms with Crippen LogP contribution in [0.3, 0.4) is 0 Å². The summed E-state index contributed by atoms with van der Waals surface area (Å²) in [6.45, 7) is 0.225. The van der Waals surface area contributed by atoms with Crippen LogP contribution >= 0.6 is 0 Å². The zero-order valence-corrected chi connectivity index (χ0v) is 6.71. The molecule has 0 saturated carbocycles. The standard InChI is InChI=1S/C7H12O5/c1-10-7-4(9)6-5(12-7)3(8)2-11-6/h3-9H,2H2,1H3/t3-,4-,5-,6-,7+/m1/s1. The maximum Gasteiger partial charge on any atom is 0.186 e. The average Bonchev–Trinajstić information content (AvgIpc) is 2.55. The largest absolute Gasteiger partial charge is 0.388 e. The molecule has 70 valence electrons. The van der Waals surface area contributed by atoms with Crippen molar-refractivity contribution in [3.05, 3.63) is 0 Å². The van der Waals surface area contributed by atoms with Crippen LogP contribution in [0, 0.1) is 0 Å². The second-order valence-corrected chi connectivity index (χ2v) is 3.06. The predicted octanol–water partition coefficient (Wildman–Crippen LogP) is -1.52. The van der Waals surface area contributed by atoms with Gasteiger partial charge in [0.25, 0.3) is 0 Å². The number of methoxy groups -OCH3 is 1. The Bertz CT molecular complexity index is 173. The molecule has 2 rings (SSSR count). The van der Waals surface area contributed by atoms with E-state index in [1.54, 1.807) is 0 Å². The van der Waals surface area contributed by atoms with E-state index in [0.29, 0.717) is 0 Å². The van der Waals surface area contributed by atoms with E-state index in [4.69, 9.17) is 14.2 Å². The summed E-state index contributed by atoms with van der Waals surface area (Å²) in [5.41, 5.74) is 0. The highest BCUT2D eigenvalue weighted by molar-refractivity contribution is 4.96. The molecule has 0 aromatic rings. The molecule has 0 aromatic heterocycles. The van der Waals surface area contributed by atoms with Gasteiger partial charge in [0.15, 0.2) is 6.29 Å². The maximum absolute atomic E-state index is 9.49. The molecule has 2 fully saturated rings. The Morgan fingerprint density at radius 3 is 2.67 bits per heavy atom. The molecule has 0 radical (unpaired) electrons. The molecule has 2 aliphatic rings. The average molecular weight is 176 g/mol. The summed E-state index contributed by atoms with van der Waals surface area (Å²) in [7, 11) is 1.45. The number of ether oxygens (including phenoxy) is 3. The van der Waals surface area contributed by atoms with Gasteiger partial charge in [0.1, 0.15) is 24.4 Å². The van der Waals surface area contributed by atoms with Crippen LogP contribution in [0.15, 0.2) is 0 Å². The van der Waals surface area contributed by atoms with E-state index in [2.05, 4.69) is 0 Å². The molecule has 5 heteroatoms. The highest BCUT2D eigenvalue weighted by Gasteiger charge is 2.51. The fourth-order valence-corrected chi connectivity index (χ4v) is 1.66. The van der Waals surface area contributed by atoms with Crippen molar-refractivity contribution >= 4 is 0 Å². The van der Waals surface area contributed by atoms with Crippen LogP contribution in [0.1, 0.15) is 0 Å². The van der Waals surface area contributed by atoms with Gasteiger partial charge in [-0.15, -0.1) is 0 Å². The molecule has 5 atom stereocenters. The molecule has 0 aliphatic carbocycles. The summed E-state index contributed by atoms with van der Waals surface area (Å²) in [5, 5.41) is 18.8. The number of hydrogen-bond donors (Lipinski definition) is 2. The van der Waals surface area contributed by atoms with Gasteiger partial charge in [0.05, 0.1) is 6.61 Å². The maximum atomic E-state index is 9.49. The van der Waals surface area contributed by atoms with Gasteiger partial charge in [0, 0.05) is 7.11 Å². The van der Waals surface area contributed by atoms with Gasteiger partial charge in [0.2, 0.25) is 0 Å². The first-order chi connectivity index (χ1) is 5.74. The summed E-state index contributed by atoms with van der Waals surface area (Å²) in [6.07, 6.45) is -2.99. The minimum absolute atomic E-state index is 0.225. The lowest BCUT2D eigenvalue weighted by molar-refractivity contribution is -0.167. The van der Waals surface area contributed by atoms with Crippen LogP contribution < -0.4 is 0 Å². The molecule has 5 nitrogen and oxygen atoms in total. The van der Waals surface area contributed by atoms with Gasteiger partial charge in [-0.05, 0) is 0 Å². The first-order valence-corrected chi connectivity index (χ1v) is 3.90. The van der Waals surface area contributed by atoms with Gasteiger partial charge in [-0.3, -0.25) is 0 Å². The quantitative estimate of drug-likeness (QED) is 0.507. The smallest absolute Gasteiger partial charge is 0.186 e. The molecular formula is C7H12O5. The SMILES string of the molecule is CO[C@H]1O[C@H]2[C@H](OC[C@H]2O)[C@H]1O. The van der Waals surface area contributed by atoms with E-state index in [1.807, 2.05) is 0 Å². The fraction of sp³-hybridized carbons (Fsp3) is 1.00. The number of rotatable bonds is 1. The second kappa shape index (κ2) is 2.93. The number of hydrogen-bond acceptors (Lipinski definition) is 5. The Morgan fingerprint density at radius 1 is 1.33 bits per heavy atom. The third kappa shape index (κ3) is 1.06. The zero-order valence-electron chi connectivity index (χ0n) is 6.71. The van der Waals surface area contributed by atoms with Crippen molar-refractivity contribution in [3.63, 3.8) is 0 Å². The van der Waals surface area contributed by atoms with Gasteiger partial charge in [-0.1, -0.05) is 0 Å². The number of fused-ring (bicyclic) bond motifs is 1. The molecule has 2 N–H and O–H groups in total. The van der Waals surface area contributed by atoms with E-state index in [0.717, 1.165) is 0 Å². The minimum atomic E-state index is -0.794. The van der Waals surface area contributed by atoms with Crippen molar-refractivity contribution in [3.8, 4) is 0 Å². The monoisotopic (exact) mass is 176 g/mol. The molecule has 2 heterocycles. The summed E-state index contributed by atoms with van der Waals surface area (Å²) >= 11 is 0. The molecule has 0 bridgehead atoms. The van der Waals surface area contributed by atoms with E-state index in [1.165, 1.54) is 7.11 Å². The second-order valence-electron chi connectivity index (χ2n) is 3.06. The van der Waals surface area contributed by atoms with Crippen LogP contribution in [0.25, 0.3) is 0 Å². The third-order valence-electron chi connectivity index (χ3n) is 2.30. The normalized spacial score (nSPS) is 52.8. The summed E-state index contributed by atoms with van der Waals surface area (Å²) in [6, 6.07) is 0. The van der Waals surface area contributed by atoms with Crippen molar-refractivity contribution in [2.24, 2.45) is 0 Å². The van der Waals surface area contributed by atoms with Crippen LogP contribution in [0.5, 0.6) is 0 Å². The fourth-order valence-electron chi connectivity index (χ4n) is 1.66. The van der Waals surface area contributed by atoms with Gasteiger partial charge >= 0.3 is 0 Å². The molecule has 12 heavy (non-hydrogen) atoms. The van der Waals surface area contributed by atoms with Gasteiger partial charge < -0.3 is 24.4 Å².